The van der Waals surface area contributed by atoms with Gasteiger partial charge >= 0.3 is 12.1 Å². The number of benzene rings is 2. The fourth-order valence-corrected chi connectivity index (χ4v) is 3.61. The van der Waals surface area contributed by atoms with E-state index in [1.165, 1.54) is 12.1 Å². The molecule has 0 atom stereocenters. The molecule has 2 N–H and O–H groups in total. The largest absolute Gasteiger partial charge is 0.480 e. The van der Waals surface area contributed by atoms with Crippen molar-refractivity contribution in [3.05, 3.63) is 54.3 Å². The molecule has 0 saturated heterocycles. The van der Waals surface area contributed by atoms with Gasteiger partial charge in [0.05, 0.1) is 13.2 Å². The summed E-state index contributed by atoms with van der Waals surface area (Å²) in [5, 5.41) is 11.3. The minimum atomic E-state index is -0.951. The van der Waals surface area contributed by atoms with Crippen molar-refractivity contribution in [3.8, 4) is 11.1 Å². The van der Waals surface area contributed by atoms with Gasteiger partial charge in [-0.3, -0.25) is 5.32 Å². The smallest absolute Gasteiger partial charge is 0.411 e. The molecule has 2 aromatic rings. The molecule has 1 aliphatic carbocycles. The van der Waals surface area contributed by atoms with Crippen LogP contribution in [0.2, 0.25) is 0 Å². The number of carbonyl (C=O) groups excluding carboxylic acids is 1. The average Bonchev–Trinajstić information content (AvgIpc) is 2.74. The first-order chi connectivity index (χ1) is 14.5. The summed E-state index contributed by atoms with van der Waals surface area (Å²) < 4.78 is 23.6. The first-order valence-electron chi connectivity index (χ1n) is 10.1. The van der Waals surface area contributed by atoms with E-state index in [2.05, 4.69) is 5.32 Å². The lowest BCUT2D eigenvalue weighted by Crippen LogP contribution is -2.25. The molecular formula is C23H26FNO5. The number of hydrogen-bond donors (Lipinski definition) is 2. The van der Waals surface area contributed by atoms with E-state index in [9.17, 15) is 14.0 Å². The van der Waals surface area contributed by atoms with Crippen LogP contribution < -0.4 is 5.32 Å². The fraction of sp³-hybridized carbons (Fsp3) is 0.391. The van der Waals surface area contributed by atoms with Gasteiger partial charge in [0.2, 0.25) is 0 Å². The molecule has 2 aromatic carbocycles. The van der Waals surface area contributed by atoms with Gasteiger partial charge in [-0.15, -0.1) is 0 Å². The van der Waals surface area contributed by atoms with Crippen LogP contribution in [0.25, 0.3) is 11.1 Å². The van der Waals surface area contributed by atoms with E-state index >= 15 is 0 Å². The molecule has 0 aliphatic heterocycles. The molecule has 3 rings (SSSR count). The molecule has 0 unspecified atom stereocenters. The summed E-state index contributed by atoms with van der Waals surface area (Å²) in [6.07, 6.45) is 3.26. The second-order valence-corrected chi connectivity index (χ2v) is 7.60. The number of carboxylic acid groups (broad SMARTS) is 1. The number of rotatable bonds is 8. The number of carbonyl (C=O) groups is 2. The topological polar surface area (TPSA) is 84.9 Å². The monoisotopic (exact) mass is 415 g/mol. The second-order valence-electron chi connectivity index (χ2n) is 7.60. The molecule has 1 fully saturated rings. The molecule has 30 heavy (non-hydrogen) atoms. The van der Waals surface area contributed by atoms with Crippen molar-refractivity contribution in [1.82, 2.24) is 0 Å². The number of carboxylic acids is 1. The Morgan fingerprint density at radius 1 is 0.900 bits per heavy atom. The highest BCUT2D eigenvalue weighted by atomic mass is 19.1. The zero-order chi connectivity index (χ0) is 21.3. The third-order valence-corrected chi connectivity index (χ3v) is 5.30. The Labute approximate surface area is 175 Å². The lowest BCUT2D eigenvalue weighted by atomic mass is 9.83. The van der Waals surface area contributed by atoms with Gasteiger partial charge in [0.1, 0.15) is 12.4 Å². The lowest BCUT2D eigenvalue weighted by Gasteiger charge is -2.27. The van der Waals surface area contributed by atoms with Gasteiger partial charge in [-0.05, 0) is 72.9 Å². The van der Waals surface area contributed by atoms with Gasteiger partial charge in [0.25, 0.3) is 0 Å². The molecule has 7 heteroatoms. The molecule has 1 amide bonds. The molecule has 0 aromatic heterocycles. The van der Waals surface area contributed by atoms with Gasteiger partial charge in [-0.1, -0.05) is 24.3 Å². The van der Waals surface area contributed by atoms with E-state index in [0.29, 0.717) is 30.7 Å². The van der Waals surface area contributed by atoms with E-state index in [1.54, 1.807) is 24.3 Å². The Balaban J connectivity index is 1.37. The number of aliphatic carboxylic acids is 1. The molecule has 0 heterocycles. The third-order valence-electron chi connectivity index (χ3n) is 5.30. The predicted molar refractivity (Wildman–Crippen MR) is 111 cm³/mol. The van der Waals surface area contributed by atoms with Crippen molar-refractivity contribution in [3.63, 3.8) is 0 Å². The molecule has 6 nitrogen and oxygen atoms in total. The van der Waals surface area contributed by atoms with Gasteiger partial charge in [0.15, 0.2) is 0 Å². The van der Waals surface area contributed by atoms with Crippen LogP contribution in [0.1, 0.15) is 25.7 Å². The minimum Gasteiger partial charge on any atom is -0.480 e. The Bertz CT molecular complexity index is 830. The summed E-state index contributed by atoms with van der Waals surface area (Å²) in [6, 6.07) is 13.5. The van der Waals surface area contributed by atoms with Gasteiger partial charge in [0, 0.05) is 5.69 Å². The second kappa shape index (κ2) is 10.7. The van der Waals surface area contributed by atoms with Gasteiger partial charge < -0.3 is 14.6 Å². The quantitative estimate of drug-likeness (QED) is 0.637. The molecule has 1 aliphatic rings. The van der Waals surface area contributed by atoms with Crippen LogP contribution in [0.15, 0.2) is 48.5 Å². The summed E-state index contributed by atoms with van der Waals surface area (Å²) in [6.45, 7) is 0.574. The summed E-state index contributed by atoms with van der Waals surface area (Å²) in [5.41, 5.74) is 2.46. The van der Waals surface area contributed by atoms with E-state index in [-0.39, 0.29) is 12.4 Å². The third kappa shape index (κ3) is 6.84. The molecule has 0 radical (unpaired) electrons. The van der Waals surface area contributed by atoms with Crippen LogP contribution in [-0.4, -0.2) is 37.0 Å². The fourth-order valence-electron chi connectivity index (χ4n) is 3.61. The number of amides is 1. The van der Waals surface area contributed by atoms with Crippen LogP contribution in [0.5, 0.6) is 0 Å². The number of anilines is 1. The number of hydrogen-bond acceptors (Lipinski definition) is 4. The molecule has 1 saturated carbocycles. The first-order valence-corrected chi connectivity index (χ1v) is 10.1. The number of nitrogens with one attached hydrogen (secondary N) is 1. The highest BCUT2D eigenvalue weighted by molar-refractivity contribution is 5.85. The maximum atomic E-state index is 13.0. The maximum absolute atomic E-state index is 13.0. The van der Waals surface area contributed by atoms with E-state index in [0.717, 1.165) is 36.8 Å². The van der Waals surface area contributed by atoms with Crippen molar-refractivity contribution in [2.75, 3.05) is 25.1 Å². The summed E-state index contributed by atoms with van der Waals surface area (Å²) in [4.78, 5) is 22.5. The van der Waals surface area contributed by atoms with Crippen LogP contribution in [0.4, 0.5) is 14.9 Å². The van der Waals surface area contributed by atoms with E-state index in [4.69, 9.17) is 14.6 Å². The van der Waals surface area contributed by atoms with Crippen molar-refractivity contribution >= 4 is 17.7 Å². The summed E-state index contributed by atoms with van der Waals surface area (Å²) in [7, 11) is 0. The minimum absolute atomic E-state index is 0.256. The number of halogens is 1. The van der Waals surface area contributed by atoms with Crippen LogP contribution in [0, 0.1) is 17.7 Å². The maximum Gasteiger partial charge on any atom is 0.411 e. The van der Waals surface area contributed by atoms with Crippen LogP contribution >= 0.6 is 0 Å². The molecular weight excluding hydrogens is 389 g/mol. The van der Waals surface area contributed by atoms with Gasteiger partial charge in [-0.25, -0.2) is 14.0 Å². The summed E-state index contributed by atoms with van der Waals surface area (Å²) in [5.74, 6) is -0.547. The number of ether oxygens (including phenoxy) is 2. The Hall–Kier alpha value is -2.93. The zero-order valence-corrected chi connectivity index (χ0v) is 16.7. The van der Waals surface area contributed by atoms with Crippen molar-refractivity contribution in [2.24, 2.45) is 11.8 Å². The normalized spacial score (nSPS) is 18.6. The molecule has 0 bridgehead atoms. The Kier molecular flexibility index (Phi) is 7.79. The Morgan fingerprint density at radius 2 is 1.43 bits per heavy atom. The van der Waals surface area contributed by atoms with Crippen molar-refractivity contribution in [2.45, 2.75) is 25.7 Å². The van der Waals surface area contributed by atoms with Crippen molar-refractivity contribution in [1.29, 1.82) is 0 Å². The first kappa shape index (κ1) is 21.8. The highest BCUT2D eigenvalue weighted by Crippen LogP contribution is 2.29. The van der Waals surface area contributed by atoms with Gasteiger partial charge in [-0.2, -0.15) is 0 Å². The Morgan fingerprint density at radius 3 is 2.00 bits per heavy atom. The van der Waals surface area contributed by atoms with Crippen LogP contribution in [0.3, 0.4) is 0 Å². The van der Waals surface area contributed by atoms with Crippen LogP contribution in [-0.2, 0) is 14.3 Å². The predicted octanol–water partition coefficient (Wildman–Crippen LogP) is 4.95. The average molecular weight is 415 g/mol. The zero-order valence-electron chi connectivity index (χ0n) is 16.7. The molecule has 160 valence electrons. The lowest BCUT2D eigenvalue weighted by molar-refractivity contribution is -0.142. The standard InChI is InChI=1S/C23H26FNO5/c24-20-9-5-18(6-10-20)19-7-11-21(12-8-19)25-23(28)30-14-17-3-1-16(2-4-17)13-29-15-22(26)27/h5-12,16-17H,1-4,13-15H2,(H,25,28)(H,26,27). The molecule has 0 spiro atoms. The SMILES string of the molecule is O=C(O)COCC1CCC(COC(=O)Nc2ccc(-c3ccc(F)cc3)cc2)CC1. The summed E-state index contributed by atoms with van der Waals surface area (Å²) >= 11 is 0. The van der Waals surface area contributed by atoms with Crippen molar-refractivity contribution < 1.29 is 28.6 Å². The highest BCUT2D eigenvalue weighted by Gasteiger charge is 2.22. The van der Waals surface area contributed by atoms with E-state index in [1.807, 2.05) is 12.1 Å². The van der Waals surface area contributed by atoms with E-state index < -0.39 is 12.1 Å².